The molecule has 1 aromatic carbocycles. The minimum absolute atomic E-state index is 0.0759. The van der Waals surface area contributed by atoms with Crippen LogP contribution in [0.3, 0.4) is 0 Å². The Balaban J connectivity index is 1.97. The van der Waals surface area contributed by atoms with E-state index in [4.69, 9.17) is 4.52 Å². The van der Waals surface area contributed by atoms with E-state index in [2.05, 4.69) is 10.5 Å². The molecule has 0 bridgehead atoms. The maximum absolute atomic E-state index is 13.2. The predicted molar refractivity (Wildman–Crippen MR) is 81.5 cm³/mol. The summed E-state index contributed by atoms with van der Waals surface area (Å²) in [5.74, 6) is 0.124. The van der Waals surface area contributed by atoms with E-state index >= 15 is 0 Å². The Kier molecular flexibility index (Phi) is 5.27. The van der Waals surface area contributed by atoms with Crippen molar-refractivity contribution in [1.82, 2.24) is 15.4 Å². The van der Waals surface area contributed by atoms with Crippen LogP contribution in [0.1, 0.15) is 19.6 Å². The van der Waals surface area contributed by atoms with Crippen molar-refractivity contribution in [1.29, 1.82) is 0 Å². The minimum atomic E-state index is -0.327. The number of carbonyl (C=O) groups excluding carboxylic acids is 1. The van der Waals surface area contributed by atoms with Gasteiger partial charge in [0.15, 0.2) is 5.76 Å². The molecule has 118 valence electrons. The van der Waals surface area contributed by atoms with Crippen LogP contribution in [0.15, 0.2) is 34.9 Å². The van der Waals surface area contributed by atoms with Crippen molar-refractivity contribution in [3.8, 4) is 11.3 Å². The Morgan fingerprint density at radius 2 is 2.23 bits per heavy atom. The van der Waals surface area contributed by atoms with Crippen LogP contribution in [0.2, 0.25) is 0 Å². The van der Waals surface area contributed by atoms with Crippen molar-refractivity contribution >= 4 is 5.91 Å². The summed E-state index contributed by atoms with van der Waals surface area (Å²) in [5.41, 5.74) is 1.18. The number of aromatic nitrogens is 1. The highest BCUT2D eigenvalue weighted by atomic mass is 19.1. The van der Waals surface area contributed by atoms with E-state index < -0.39 is 0 Å². The van der Waals surface area contributed by atoms with Gasteiger partial charge < -0.3 is 9.84 Å². The normalized spacial score (nSPS) is 12.4. The molecular formula is C16H20FN3O2. The summed E-state index contributed by atoms with van der Waals surface area (Å²) >= 11 is 0. The van der Waals surface area contributed by atoms with Crippen LogP contribution >= 0.6 is 0 Å². The van der Waals surface area contributed by atoms with Crippen molar-refractivity contribution in [3.63, 3.8) is 0 Å². The fourth-order valence-electron chi connectivity index (χ4n) is 1.98. The van der Waals surface area contributed by atoms with Gasteiger partial charge in [-0.05, 0) is 32.6 Å². The summed E-state index contributed by atoms with van der Waals surface area (Å²) in [7, 11) is 1.89. The molecule has 0 saturated carbocycles. The zero-order valence-corrected chi connectivity index (χ0v) is 13.0. The van der Waals surface area contributed by atoms with E-state index in [0.29, 0.717) is 17.0 Å². The Morgan fingerprint density at radius 1 is 1.45 bits per heavy atom. The molecule has 0 aliphatic carbocycles. The highest BCUT2D eigenvalue weighted by molar-refractivity contribution is 5.81. The lowest BCUT2D eigenvalue weighted by Crippen LogP contribution is -2.42. The van der Waals surface area contributed by atoms with E-state index in [0.717, 1.165) is 6.54 Å². The van der Waals surface area contributed by atoms with E-state index in [1.165, 1.54) is 12.1 Å². The second-order valence-corrected chi connectivity index (χ2v) is 5.16. The summed E-state index contributed by atoms with van der Waals surface area (Å²) in [5, 5.41) is 6.70. The van der Waals surface area contributed by atoms with Gasteiger partial charge in [-0.2, -0.15) is 0 Å². The van der Waals surface area contributed by atoms with E-state index in [1.807, 2.05) is 25.8 Å². The van der Waals surface area contributed by atoms with Gasteiger partial charge in [0.25, 0.3) is 0 Å². The third kappa shape index (κ3) is 3.92. The molecule has 1 aromatic heterocycles. The Hall–Kier alpha value is -2.21. The smallest absolute Gasteiger partial charge is 0.237 e. The molecule has 0 aliphatic rings. The number of nitrogens with one attached hydrogen (secondary N) is 1. The van der Waals surface area contributed by atoms with Crippen LogP contribution in [0.4, 0.5) is 4.39 Å². The molecule has 2 aromatic rings. The summed E-state index contributed by atoms with van der Waals surface area (Å²) < 4.78 is 18.4. The van der Waals surface area contributed by atoms with Crippen LogP contribution in [-0.2, 0) is 11.3 Å². The van der Waals surface area contributed by atoms with E-state index in [9.17, 15) is 9.18 Å². The molecule has 1 amide bonds. The minimum Gasteiger partial charge on any atom is -0.359 e. The van der Waals surface area contributed by atoms with Crippen LogP contribution in [0.5, 0.6) is 0 Å². The van der Waals surface area contributed by atoms with Gasteiger partial charge in [-0.1, -0.05) is 24.2 Å². The lowest BCUT2D eigenvalue weighted by atomic mass is 10.1. The Morgan fingerprint density at radius 3 is 2.91 bits per heavy atom. The first-order chi connectivity index (χ1) is 10.5. The predicted octanol–water partition coefficient (Wildman–Crippen LogP) is 2.44. The fourth-order valence-corrected chi connectivity index (χ4v) is 1.98. The molecule has 0 aliphatic heterocycles. The number of benzene rings is 1. The molecule has 5 nitrogen and oxygen atoms in total. The highest BCUT2D eigenvalue weighted by Gasteiger charge is 2.17. The lowest BCUT2D eigenvalue weighted by Gasteiger charge is -2.21. The number of rotatable bonds is 6. The molecule has 1 heterocycles. The monoisotopic (exact) mass is 305 g/mol. The summed E-state index contributed by atoms with van der Waals surface area (Å²) in [6.07, 6.45) is 0. The summed E-state index contributed by atoms with van der Waals surface area (Å²) in [6, 6.07) is 7.61. The van der Waals surface area contributed by atoms with Crippen LogP contribution in [0, 0.1) is 5.82 Å². The average Bonchev–Trinajstić information content (AvgIpc) is 3.00. The van der Waals surface area contributed by atoms with Crippen molar-refractivity contribution in [2.24, 2.45) is 0 Å². The quantitative estimate of drug-likeness (QED) is 0.890. The van der Waals surface area contributed by atoms with Gasteiger partial charge in [-0.3, -0.25) is 9.69 Å². The molecule has 1 N–H and O–H groups in total. The number of amides is 1. The van der Waals surface area contributed by atoms with Crippen molar-refractivity contribution in [2.45, 2.75) is 26.4 Å². The number of hydrogen-bond donors (Lipinski definition) is 1. The van der Waals surface area contributed by atoms with Gasteiger partial charge in [0.05, 0.1) is 12.6 Å². The molecule has 1 unspecified atom stereocenters. The van der Waals surface area contributed by atoms with Crippen LogP contribution < -0.4 is 5.32 Å². The zero-order chi connectivity index (χ0) is 16.1. The second kappa shape index (κ2) is 7.17. The SMILES string of the molecule is CCN(C)C(C)C(=O)NCc1cc(-c2cccc(F)c2)no1. The fraction of sp³-hybridized carbons (Fsp3) is 0.375. The van der Waals surface area contributed by atoms with Gasteiger partial charge in [0, 0.05) is 11.6 Å². The molecule has 6 heteroatoms. The summed E-state index contributed by atoms with van der Waals surface area (Å²) in [6.45, 7) is 4.88. The van der Waals surface area contributed by atoms with Crippen molar-refractivity contribution < 1.29 is 13.7 Å². The van der Waals surface area contributed by atoms with Crippen molar-refractivity contribution in [2.75, 3.05) is 13.6 Å². The number of halogens is 1. The topological polar surface area (TPSA) is 58.4 Å². The van der Waals surface area contributed by atoms with Gasteiger partial charge in [0.1, 0.15) is 11.5 Å². The standard InChI is InChI=1S/C16H20FN3O2/c1-4-20(3)11(2)16(21)18-10-14-9-15(19-22-14)12-6-5-7-13(17)8-12/h5-9,11H,4,10H2,1-3H3,(H,18,21). The first-order valence-electron chi connectivity index (χ1n) is 7.20. The molecule has 0 saturated heterocycles. The highest BCUT2D eigenvalue weighted by Crippen LogP contribution is 2.19. The van der Waals surface area contributed by atoms with E-state index in [-0.39, 0.29) is 24.3 Å². The third-order valence-electron chi connectivity index (χ3n) is 3.66. The molecule has 2 rings (SSSR count). The lowest BCUT2D eigenvalue weighted by molar-refractivity contribution is -0.125. The van der Waals surface area contributed by atoms with Crippen molar-refractivity contribution in [3.05, 3.63) is 41.9 Å². The van der Waals surface area contributed by atoms with Crippen LogP contribution in [-0.4, -0.2) is 35.6 Å². The maximum atomic E-state index is 13.2. The first-order valence-corrected chi connectivity index (χ1v) is 7.20. The van der Waals surface area contributed by atoms with Gasteiger partial charge >= 0.3 is 0 Å². The second-order valence-electron chi connectivity index (χ2n) is 5.16. The molecule has 1 atom stereocenters. The van der Waals surface area contributed by atoms with Gasteiger partial charge in [0.2, 0.25) is 5.91 Å². The molecular weight excluding hydrogens is 285 g/mol. The maximum Gasteiger partial charge on any atom is 0.237 e. The number of nitrogens with zero attached hydrogens (tertiary/aromatic N) is 2. The number of likely N-dealkylation sites (N-methyl/N-ethyl adjacent to an activating group) is 1. The molecule has 22 heavy (non-hydrogen) atoms. The summed E-state index contributed by atoms with van der Waals surface area (Å²) in [4.78, 5) is 13.9. The first kappa shape index (κ1) is 16.2. The molecule has 0 radical (unpaired) electrons. The molecule has 0 spiro atoms. The number of hydrogen-bond acceptors (Lipinski definition) is 4. The average molecular weight is 305 g/mol. The van der Waals surface area contributed by atoms with E-state index in [1.54, 1.807) is 18.2 Å². The molecule has 0 fully saturated rings. The van der Waals surface area contributed by atoms with Gasteiger partial charge in [-0.25, -0.2) is 4.39 Å². The largest absolute Gasteiger partial charge is 0.359 e. The van der Waals surface area contributed by atoms with Gasteiger partial charge in [-0.15, -0.1) is 0 Å². The third-order valence-corrected chi connectivity index (χ3v) is 3.66. The Bertz CT molecular complexity index is 642. The Labute approximate surface area is 129 Å². The number of carbonyl (C=O) groups is 1. The zero-order valence-electron chi connectivity index (χ0n) is 13.0. The van der Waals surface area contributed by atoms with Crippen LogP contribution in [0.25, 0.3) is 11.3 Å².